The van der Waals surface area contributed by atoms with Gasteiger partial charge >= 0.3 is 0 Å². The molecule has 0 bridgehead atoms. The quantitative estimate of drug-likeness (QED) is 0.594. The summed E-state index contributed by atoms with van der Waals surface area (Å²) in [6, 6.07) is 1.45. The molecule has 2 N–H and O–H groups in total. The summed E-state index contributed by atoms with van der Waals surface area (Å²) in [7, 11) is 2.01. The van der Waals surface area contributed by atoms with E-state index in [4.69, 9.17) is 0 Å². The third-order valence-electron chi connectivity index (χ3n) is 2.16. The van der Waals surface area contributed by atoms with Gasteiger partial charge in [-0.25, -0.2) is 0 Å². The first-order chi connectivity index (χ1) is 4.83. The van der Waals surface area contributed by atoms with E-state index in [-0.39, 0.29) is 0 Å². The van der Waals surface area contributed by atoms with Crippen molar-refractivity contribution in [2.75, 3.05) is 13.6 Å². The molecule has 0 amide bonds. The van der Waals surface area contributed by atoms with Crippen molar-refractivity contribution in [3.8, 4) is 0 Å². The molecule has 0 aromatic heterocycles. The summed E-state index contributed by atoms with van der Waals surface area (Å²) in [5, 5.41) is 6.75. The zero-order chi connectivity index (χ0) is 7.40. The van der Waals surface area contributed by atoms with Crippen LogP contribution < -0.4 is 10.6 Å². The second kappa shape index (κ2) is 3.94. The first-order valence-electron chi connectivity index (χ1n) is 4.23. The maximum atomic E-state index is 3.55. The Morgan fingerprint density at radius 3 is 2.90 bits per heavy atom. The summed E-state index contributed by atoms with van der Waals surface area (Å²) >= 11 is 0. The number of piperidine rings is 1. The van der Waals surface area contributed by atoms with Crippen LogP contribution in [0.1, 0.15) is 26.2 Å². The third kappa shape index (κ3) is 2.27. The van der Waals surface area contributed by atoms with Crippen molar-refractivity contribution in [1.82, 2.24) is 10.6 Å². The fourth-order valence-electron chi connectivity index (χ4n) is 1.65. The molecule has 0 aliphatic carbocycles. The highest BCUT2D eigenvalue weighted by atomic mass is 15.0. The molecule has 0 spiro atoms. The average molecular weight is 142 g/mol. The predicted molar refractivity (Wildman–Crippen MR) is 44.2 cm³/mol. The molecule has 1 rings (SSSR count). The standard InChI is InChI=1S/C8H18N2/c1-7-4-3-5-8(10-7)6-9-2/h7-10H,3-6H2,1-2H3/t7-,8+/m0/s1. The minimum Gasteiger partial charge on any atom is -0.318 e. The topological polar surface area (TPSA) is 24.1 Å². The van der Waals surface area contributed by atoms with E-state index in [2.05, 4.69) is 17.6 Å². The number of likely N-dealkylation sites (N-methyl/N-ethyl adjacent to an activating group) is 1. The van der Waals surface area contributed by atoms with Crippen LogP contribution in [0.3, 0.4) is 0 Å². The average Bonchev–Trinajstić information content (AvgIpc) is 1.88. The fourth-order valence-corrected chi connectivity index (χ4v) is 1.65. The highest BCUT2D eigenvalue weighted by Gasteiger charge is 2.15. The van der Waals surface area contributed by atoms with Gasteiger partial charge in [-0.15, -0.1) is 0 Å². The van der Waals surface area contributed by atoms with Gasteiger partial charge in [-0.05, 0) is 26.8 Å². The van der Waals surface area contributed by atoms with E-state index in [1.54, 1.807) is 0 Å². The first kappa shape index (κ1) is 8.02. The van der Waals surface area contributed by atoms with Crippen LogP contribution in [-0.2, 0) is 0 Å². The minimum atomic E-state index is 0.716. The Balaban J connectivity index is 2.18. The molecule has 0 aromatic carbocycles. The van der Waals surface area contributed by atoms with Gasteiger partial charge in [0.25, 0.3) is 0 Å². The molecule has 1 saturated heterocycles. The van der Waals surface area contributed by atoms with Gasteiger partial charge in [-0.2, -0.15) is 0 Å². The summed E-state index contributed by atoms with van der Waals surface area (Å²) < 4.78 is 0. The van der Waals surface area contributed by atoms with E-state index in [9.17, 15) is 0 Å². The Kier molecular flexibility index (Phi) is 3.16. The summed E-state index contributed by atoms with van der Waals surface area (Å²) in [6.45, 7) is 3.38. The van der Waals surface area contributed by atoms with Gasteiger partial charge in [0.1, 0.15) is 0 Å². The monoisotopic (exact) mass is 142 g/mol. The van der Waals surface area contributed by atoms with E-state index in [0.717, 1.165) is 12.6 Å². The summed E-state index contributed by atoms with van der Waals surface area (Å²) in [5.41, 5.74) is 0. The van der Waals surface area contributed by atoms with Crippen molar-refractivity contribution in [2.45, 2.75) is 38.3 Å². The summed E-state index contributed by atoms with van der Waals surface area (Å²) in [6.07, 6.45) is 4.08. The van der Waals surface area contributed by atoms with E-state index < -0.39 is 0 Å². The molecule has 1 fully saturated rings. The number of rotatable bonds is 2. The Bertz CT molecular complexity index is 91.3. The van der Waals surface area contributed by atoms with E-state index in [1.165, 1.54) is 19.3 Å². The molecule has 2 atom stereocenters. The van der Waals surface area contributed by atoms with Gasteiger partial charge in [-0.3, -0.25) is 0 Å². The fraction of sp³-hybridized carbons (Fsp3) is 1.00. The second-order valence-electron chi connectivity index (χ2n) is 3.25. The Morgan fingerprint density at radius 2 is 2.30 bits per heavy atom. The Morgan fingerprint density at radius 1 is 1.50 bits per heavy atom. The van der Waals surface area contributed by atoms with Gasteiger partial charge in [0.15, 0.2) is 0 Å². The molecular weight excluding hydrogens is 124 g/mol. The lowest BCUT2D eigenvalue weighted by molar-refractivity contribution is 0.329. The number of hydrogen-bond acceptors (Lipinski definition) is 2. The molecule has 0 saturated carbocycles. The highest BCUT2D eigenvalue weighted by molar-refractivity contribution is 4.78. The summed E-state index contributed by atoms with van der Waals surface area (Å²) in [5.74, 6) is 0. The lowest BCUT2D eigenvalue weighted by atomic mass is 10.00. The zero-order valence-electron chi connectivity index (χ0n) is 6.98. The van der Waals surface area contributed by atoms with Gasteiger partial charge in [0, 0.05) is 18.6 Å². The smallest absolute Gasteiger partial charge is 0.0194 e. The zero-order valence-corrected chi connectivity index (χ0v) is 6.98. The Hall–Kier alpha value is -0.0800. The second-order valence-corrected chi connectivity index (χ2v) is 3.25. The molecule has 0 aromatic rings. The van der Waals surface area contributed by atoms with E-state index >= 15 is 0 Å². The van der Waals surface area contributed by atoms with E-state index in [1.807, 2.05) is 7.05 Å². The van der Waals surface area contributed by atoms with Crippen molar-refractivity contribution in [2.24, 2.45) is 0 Å². The summed E-state index contributed by atoms with van der Waals surface area (Å²) in [4.78, 5) is 0. The molecule has 0 radical (unpaired) electrons. The van der Waals surface area contributed by atoms with Crippen molar-refractivity contribution in [3.05, 3.63) is 0 Å². The lowest BCUT2D eigenvalue weighted by Gasteiger charge is -2.28. The van der Waals surface area contributed by atoms with Crippen molar-refractivity contribution in [3.63, 3.8) is 0 Å². The van der Waals surface area contributed by atoms with Gasteiger partial charge in [0.2, 0.25) is 0 Å². The van der Waals surface area contributed by atoms with E-state index in [0.29, 0.717) is 6.04 Å². The van der Waals surface area contributed by atoms with Crippen LogP contribution in [-0.4, -0.2) is 25.7 Å². The van der Waals surface area contributed by atoms with Crippen LogP contribution in [0.25, 0.3) is 0 Å². The minimum absolute atomic E-state index is 0.716. The van der Waals surface area contributed by atoms with Crippen LogP contribution in [0, 0.1) is 0 Å². The van der Waals surface area contributed by atoms with Crippen LogP contribution in [0.2, 0.25) is 0 Å². The molecular formula is C8H18N2. The van der Waals surface area contributed by atoms with Gasteiger partial charge in [-0.1, -0.05) is 6.42 Å². The number of nitrogens with one attached hydrogen (secondary N) is 2. The lowest BCUT2D eigenvalue weighted by Crippen LogP contribution is -2.45. The molecule has 1 heterocycles. The largest absolute Gasteiger partial charge is 0.318 e. The predicted octanol–water partition coefficient (Wildman–Crippen LogP) is 0.736. The SMILES string of the molecule is CNC[C@H]1CCC[C@H](C)N1. The van der Waals surface area contributed by atoms with Gasteiger partial charge in [0.05, 0.1) is 0 Å². The molecule has 1 aliphatic rings. The molecule has 10 heavy (non-hydrogen) atoms. The normalized spacial score (nSPS) is 34.2. The maximum Gasteiger partial charge on any atom is 0.0194 e. The van der Waals surface area contributed by atoms with Crippen molar-refractivity contribution in [1.29, 1.82) is 0 Å². The van der Waals surface area contributed by atoms with Crippen LogP contribution >= 0.6 is 0 Å². The molecule has 60 valence electrons. The molecule has 1 aliphatic heterocycles. The van der Waals surface area contributed by atoms with Gasteiger partial charge < -0.3 is 10.6 Å². The molecule has 2 nitrogen and oxygen atoms in total. The highest BCUT2D eigenvalue weighted by Crippen LogP contribution is 2.10. The third-order valence-corrected chi connectivity index (χ3v) is 2.16. The molecule has 0 unspecified atom stereocenters. The number of hydrogen-bond donors (Lipinski definition) is 2. The van der Waals surface area contributed by atoms with Crippen LogP contribution in [0.5, 0.6) is 0 Å². The maximum absolute atomic E-state index is 3.55. The molecule has 2 heteroatoms. The van der Waals surface area contributed by atoms with Crippen molar-refractivity contribution < 1.29 is 0 Å². The Labute approximate surface area is 63.4 Å². The van der Waals surface area contributed by atoms with Crippen LogP contribution in [0.15, 0.2) is 0 Å². The van der Waals surface area contributed by atoms with Crippen LogP contribution in [0.4, 0.5) is 0 Å². The first-order valence-corrected chi connectivity index (χ1v) is 4.23. The van der Waals surface area contributed by atoms with Crippen molar-refractivity contribution >= 4 is 0 Å².